The van der Waals surface area contributed by atoms with Gasteiger partial charge in [0, 0.05) is 27.4 Å². The fourth-order valence-electron chi connectivity index (χ4n) is 3.25. The number of hydrogen-bond donors (Lipinski definition) is 1. The van der Waals surface area contributed by atoms with Gasteiger partial charge in [-0.3, -0.25) is 0 Å². The first kappa shape index (κ1) is 15.0. The molecule has 0 aliphatic carbocycles. The molecule has 0 radical (unpaired) electrons. The van der Waals surface area contributed by atoms with E-state index in [4.69, 9.17) is 11.6 Å². The Morgan fingerprint density at radius 1 is 0.654 bits per heavy atom. The average molecular weight is 357 g/mol. The number of para-hydroxylation sites is 2. The zero-order chi connectivity index (χ0) is 17.5. The van der Waals surface area contributed by atoms with E-state index in [0.717, 1.165) is 27.5 Å². The van der Waals surface area contributed by atoms with Crippen LogP contribution in [0.2, 0.25) is 5.28 Å². The molecule has 124 valence electrons. The summed E-state index contributed by atoms with van der Waals surface area (Å²) >= 11 is 6.21. The Hall–Kier alpha value is -3.24. The van der Waals surface area contributed by atoms with Gasteiger partial charge in [-0.2, -0.15) is 9.97 Å². The monoisotopic (exact) mass is 356 g/mol. The van der Waals surface area contributed by atoms with Crippen LogP contribution >= 0.6 is 11.6 Å². The van der Waals surface area contributed by atoms with E-state index in [2.05, 4.69) is 38.1 Å². The van der Waals surface area contributed by atoms with Crippen LogP contribution in [0.1, 0.15) is 0 Å². The lowest BCUT2D eigenvalue weighted by Gasteiger charge is -2.06. The maximum Gasteiger partial charge on any atom is 0.226 e. The lowest BCUT2D eigenvalue weighted by atomic mass is 10.1. The lowest BCUT2D eigenvalue weighted by molar-refractivity contribution is 1.07. The lowest BCUT2D eigenvalue weighted by Crippen LogP contribution is -1.97. The number of halogens is 1. The normalized spacial score (nSPS) is 11.3. The Bertz CT molecular complexity index is 1250. The fraction of sp³-hybridized carbons (Fsp3) is 0. The van der Waals surface area contributed by atoms with Crippen molar-refractivity contribution in [3.05, 3.63) is 78.1 Å². The SMILES string of the molecule is Clc1nc(-c2ccccc2)nc(-c2cccc3c2[nH]c2ccccc23)n1. The molecule has 2 aromatic heterocycles. The maximum absolute atomic E-state index is 6.21. The van der Waals surface area contributed by atoms with Crippen molar-refractivity contribution in [2.75, 3.05) is 0 Å². The van der Waals surface area contributed by atoms with E-state index in [1.165, 1.54) is 5.39 Å². The van der Waals surface area contributed by atoms with Crippen LogP contribution in [0.5, 0.6) is 0 Å². The van der Waals surface area contributed by atoms with Crippen molar-refractivity contribution >= 4 is 33.4 Å². The first-order valence-electron chi connectivity index (χ1n) is 8.26. The number of aromatic amines is 1. The molecule has 0 spiro atoms. The van der Waals surface area contributed by atoms with Crippen molar-refractivity contribution in [2.45, 2.75) is 0 Å². The van der Waals surface area contributed by atoms with E-state index in [1.807, 2.05) is 54.6 Å². The molecule has 0 fully saturated rings. The molecule has 0 aliphatic rings. The van der Waals surface area contributed by atoms with Gasteiger partial charge >= 0.3 is 0 Å². The highest BCUT2D eigenvalue weighted by molar-refractivity contribution is 6.28. The Kier molecular flexibility index (Phi) is 3.43. The average Bonchev–Trinajstić information content (AvgIpc) is 3.07. The Labute approximate surface area is 154 Å². The number of nitrogens with zero attached hydrogens (tertiary/aromatic N) is 3. The van der Waals surface area contributed by atoms with Gasteiger partial charge in [0.2, 0.25) is 5.28 Å². The summed E-state index contributed by atoms with van der Waals surface area (Å²) in [5.41, 5.74) is 3.88. The van der Waals surface area contributed by atoms with Gasteiger partial charge in [-0.05, 0) is 23.7 Å². The van der Waals surface area contributed by atoms with Gasteiger partial charge in [0.1, 0.15) is 0 Å². The van der Waals surface area contributed by atoms with Gasteiger partial charge in [-0.25, -0.2) is 4.98 Å². The smallest absolute Gasteiger partial charge is 0.226 e. The second-order valence-corrected chi connectivity index (χ2v) is 6.35. The van der Waals surface area contributed by atoms with Gasteiger partial charge in [0.15, 0.2) is 11.6 Å². The molecular formula is C21H13ClN4. The summed E-state index contributed by atoms with van der Waals surface area (Å²) in [6, 6.07) is 24.1. The molecule has 0 unspecified atom stereocenters. The van der Waals surface area contributed by atoms with E-state index < -0.39 is 0 Å². The Morgan fingerprint density at radius 2 is 1.38 bits per heavy atom. The van der Waals surface area contributed by atoms with Gasteiger partial charge in [0.25, 0.3) is 0 Å². The van der Waals surface area contributed by atoms with E-state index in [1.54, 1.807) is 0 Å². The van der Waals surface area contributed by atoms with Crippen LogP contribution in [0.25, 0.3) is 44.6 Å². The van der Waals surface area contributed by atoms with Gasteiger partial charge < -0.3 is 4.98 Å². The molecule has 2 heterocycles. The van der Waals surface area contributed by atoms with E-state index in [-0.39, 0.29) is 5.28 Å². The van der Waals surface area contributed by atoms with Crippen molar-refractivity contribution in [1.82, 2.24) is 19.9 Å². The van der Waals surface area contributed by atoms with Gasteiger partial charge in [0.05, 0.1) is 5.52 Å². The molecule has 0 saturated carbocycles. The largest absolute Gasteiger partial charge is 0.354 e. The topological polar surface area (TPSA) is 54.5 Å². The zero-order valence-corrected chi connectivity index (χ0v) is 14.4. The molecule has 0 aliphatic heterocycles. The minimum atomic E-state index is 0.182. The molecule has 0 saturated heterocycles. The van der Waals surface area contributed by atoms with Crippen molar-refractivity contribution in [3.8, 4) is 22.8 Å². The van der Waals surface area contributed by atoms with Gasteiger partial charge in [-0.15, -0.1) is 0 Å². The van der Waals surface area contributed by atoms with Crippen LogP contribution in [0.4, 0.5) is 0 Å². The highest BCUT2D eigenvalue weighted by Gasteiger charge is 2.14. The summed E-state index contributed by atoms with van der Waals surface area (Å²) < 4.78 is 0. The molecule has 5 rings (SSSR count). The predicted octanol–water partition coefficient (Wildman–Crippen LogP) is 5.49. The minimum Gasteiger partial charge on any atom is -0.354 e. The number of H-pyrrole nitrogens is 1. The first-order chi connectivity index (χ1) is 12.8. The number of fused-ring (bicyclic) bond motifs is 3. The van der Waals surface area contributed by atoms with E-state index in [9.17, 15) is 0 Å². The summed E-state index contributed by atoms with van der Waals surface area (Å²) in [5, 5.41) is 2.49. The molecule has 0 atom stereocenters. The van der Waals surface area contributed by atoms with Crippen LogP contribution < -0.4 is 0 Å². The third-order valence-corrected chi connectivity index (χ3v) is 4.59. The van der Waals surface area contributed by atoms with E-state index >= 15 is 0 Å². The molecular weight excluding hydrogens is 344 g/mol. The molecule has 3 aromatic carbocycles. The van der Waals surface area contributed by atoms with Crippen molar-refractivity contribution < 1.29 is 0 Å². The van der Waals surface area contributed by atoms with Crippen LogP contribution in [-0.4, -0.2) is 19.9 Å². The molecule has 0 bridgehead atoms. The predicted molar refractivity (Wildman–Crippen MR) is 105 cm³/mol. The first-order valence-corrected chi connectivity index (χ1v) is 8.64. The third kappa shape index (κ3) is 2.43. The molecule has 26 heavy (non-hydrogen) atoms. The Morgan fingerprint density at radius 3 is 2.27 bits per heavy atom. The Balaban J connectivity index is 1.77. The summed E-state index contributed by atoms with van der Waals surface area (Å²) in [6.07, 6.45) is 0. The molecule has 5 heteroatoms. The summed E-state index contributed by atoms with van der Waals surface area (Å²) in [5.74, 6) is 1.12. The van der Waals surface area contributed by atoms with Crippen LogP contribution in [0, 0.1) is 0 Å². The molecule has 1 N–H and O–H groups in total. The third-order valence-electron chi connectivity index (χ3n) is 4.42. The fourth-order valence-corrected chi connectivity index (χ4v) is 3.41. The highest BCUT2D eigenvalue weighted by atomic mass is 35.5. The number of benzene rings is 3. The number of rotatable bonds is 2. The highest BCUT2D eigenvalue weighted by Crippen LogP contribution is 2.32. The van der Waals surface area contributed by atoms with E-state index in [0.29, 0.717) is 11.6 Å². The van der Waals surface area contributed by atoms with Gasteiger partial charge in [-0.1, -0.05) is 60.7 Å². The molecule has 0 amide bonds. The number of aromatic nitrogens is 4. The molecule has 5 aromatic rings. The van der Waals surface area contributed by atoms with Crippen LogP contribution in [-0.2, 0) is 0 Å². The zero-order valence-electron chi connectivity index (χ0n) is 13.6. The van der Waals surface area contributed by atoms with Crippen molar-refractivity contribution in [2.24, 2.45) is 0 Å². The second kappa shape index (κ2) is 5.93. The van der Waals surface area contributed by atoms with Crippen LogP contribution in [0.3, 0.4) is 0 Å². The van der Waals surface area contributed by atoms with Crippen LogP contribution in [0.15, 0.2) is 72.8 Å². The summed E-state index contributed by atoms with van der Waals surface area (Å²) in [6.45, 7) is 0. The quantitative estimate of drug-likeness (QED) is 0.454. The number of hydrogen-bond acceptors (Lipinski definition) is 3. The van der Waals surface area contributed by atoms with Crippen molar-refractivity contribution in [3.63, 3.8) is 0 Å². The summed E-state index contributed by atoms with van der Waals surface area (Å²) in [7, 11) is 0. The minimum absolute atomic E-state index is 0.182. The standard InChI is InChI=1S/C21H13ClN4/c22-21-25-19(13-7-2-1-3-8-13)24-20(26-21)16-11-6-10-15-14-9-4-5-12-17(14)23-18(15)16/h1-12,23H. The number of nitrogens with one attached hydrogen (secondary N) is 1. The maximum atomic E-state index is 6.21. The molecule has 4 nitrogen and oxygen atoms in total. The summed E-state index contributed by atoms with van der Waals surface area (Å²) in [4.78, 5) is 16.8. The van der Waals surface area contributed by atoms with Crippen molar-refractivity contribution in [1.29, 1.82) is 0 Å². The second-order valence-electron chi connectivity index (χ2n) is 6.02.